The molecule has 138 valence electrons. The number of carbonyl (C=O) groups excluding carboxylic acids is 2. The number of carbonyl (C=O) groups is 2. The van der Waals surface area contributed by atoms with Crippen LogP contribution in [0.1, 0.15) is 0 Å². The summed E-state index contributed by atoms with van der Waals surface area (Å²) in [6.45, 7) is -1.95. The number of halogens is 5. The highest BCUT2D eigenvalue weighted by Gasteiger charge is 2.39. The summed E-state index contributed by atoms with van der Waals surface area (Å²) in [4.78, 5) is 22.8. The average Bonchev–Trinajstić information content (AvgIpc) is 2.45. The molecular formula is C12H6F2I3O7S-. The van der Waals surface area contributed by atoms with Gasteiger partial charge in [-0.1, -0.05) is 0 Å². The second-order valence-electron chi connectivity index (χ2n) is 4.15. The van der Waals surface area contributed by atoms with Crippen LogP contribution < -0.4 is 4.74 Å². The molecule has 0 aromatic heterocycles. The first-order valence-corrected chi connectivity index (χ1v) is 10.5. The van der Waals surface area contributed by atoms with Gasteiger partial charge in [0.15, 0.2) is 22.5 Å². The van der Waals surface area contributed by atoms with Gasteiger partial charge in [-0.2, -0.15) is 8.78 Å². The number of hydrogen-bond acceptors (Lipinski definition) is 7. The predicted octanol–water partition coefficient (Wildman–Crippen LogP) is 2.64. The first kappa shape index (κ1) is 22.9. The Morgan fingerprint density at radius 3 is 2.08 bits per heavy atom. The molecule has 0 aliphatic rings. The topological polar surface area (TPSA) is 110 Å². The lowest BCUT2D eigenvalue weighted by Gasteiger charge is -2.18. The highest BCUT2D eigenvalue weighted by molar-refractivity contribution is 14.1. The van der Waals surface area contributed by atoms with Crippen molar-refractivity contribution in [3.05, 3.63) is 35.0 Å². The van der Waals surface area contributed by atoms with Gasteiger partial charge in [0.25, 0.3) is 0 Å². The van der Waals surface area contributed by atoms with E-state index in [0.29, 0.717) is 19.3 Å². The molecule has 0 bridgehead atoms. The molecule has 0 heterocycles. The monoisotopic (exact) mass is 713 g/mol. The zero-order valence-corrected chi connectivity index (χ0v) is 19.0. The molecule has 25 heavy (non-hydrogen) atoms. The Labute approximate surface area is 181 Å². The van der Waals surface area contributed by atoms with Crippen molar-refractivity contribution in [2.45, 2.75) is 5.25 Å². The first-order chi connectivity index (χ1) is 11.3. The third-order valence-corrected chi connectivity index (χ3v) is 5.34. The van der Waals surface area contributed by atoms with Crippen molar-refractivity contribution in [1.82, 2.24) is 0 Å². The second kappa shape index (κ2) is 9.18. The summed E-state index contributed by atoms with van der Waals surface area (Å²) in [5, 5.41) is -4.76. The van der Waals surface area contributed by atoms with E-state index in [2.05, 4.69) is 27.3 Å². The van der Waals surface area contributed by atoms with E-state index >= 15 is 0 Å². The molecular weight excluding hydrogens is 707 g/mol. The van der Waals surface area contributed by atoms with Gasteiger partial charge in [0.05, 0.1) is 7.14 Å². The number of ether oxygens (including phenoxy) is 2. The average molecular weight is 713 g/mol. The Bertz CT molecular complexity index is 801. The number of benzene rings is 1. The van der Waals surface area contributed by atoms with Crippen LogP contribution >= 0.6 is 67.8 Å². The van der Waals surface area contributed by atoms with Gasteiger partial charge >= 0.3 is 17.2 Å². The van der Waals surface area contributed by atoms with Crippen molar-refractivity contribution >= 4 is 89.8 Å². The molecule has 1 rings (SSSR count). The smallest absolute Gasteiger partial charge is 0.367 e. The standard InChI is InChI=1S/C12H7F2I3O7S/c13-12(14,25(20,21)22)5-23-9(18)1-2-10(19)24-11-7(16)3-6(15)4-8(11)17/h1-4H,5H2,(H,20,21,22)/p-1/b2-1+. The summed E-state index contributed by atoms with van der Waals surface area (Å²) in [5.41, 5.74) is 0. The first-order valence-electron chi connectivity index (χ1n) is 5.88. The van der Waals surface area contributed by atoms with E-state index in [4.69, 9.17) is 4.74 Å². The van der Waals surface area contributed by atoms with Crippen molar-refractivity contribution in [2.75, 3.05) is 6.61 Å². The van der Waals surface area contributed by atoms with Crippen LogP contribution in [-0.2, 0) is 24.4 Å². The van der Waals surface area contributed by atoms with E-state index < -0.39 is 33.9 Å². The van der Waals surface area contributed by atoms with Crippen LogP contribution in [0.15, 0.2) is 24.3 Å². The number of alkyl halides is 2. The van der Waals surface area contributed by atoms with Crippen molar-refractivity contribution in [1.29, 1.82) is 0 Å². The van der Waals surface area contributed by atoms with Crippen LogP contribution in [-0.4, -0.2) is 36.8 Å². The van der Waals surface area contributed by atoms with Crippen molar-refractivity contribution < 1.29 is 40.8 Å². The summed E-state index contributed by atoms with van der Waals surface area (Å²) in [6.07, 6.45) is 1.10. The molecule has 7 nitrogen and oxygen atoms in total. The minimum Gasteiger partial charge on any atom is -0.743 e. The third-order valence-electron chi connectivity index (χ3n) is 2.27. The molecule has 13 heteroatoms. The van der Waals surface area contributed by atoms with Gasteiger partial charge in [-0.25, -0.2) is 18.0 Å². The fourth-order valence-electron chi connectivity index (χ4n) is 1.17. The SMILES string of the molecule is O=C(/C=C/C(=O)Oc1c(I)cc(I)cc1I)OCC(F)(F)S(=O)(=O)[O-]. The maximum Gasteiger partial charge on any atom is 0.367 e. The van der Waals surface area contributed by atoms with E-state index in [1.54, 1.807) is 12.1 Å². The van der Waals surface area contributed by atoms with Crippen LogP contribution in [0.4, 0.5) is 8.78 Å². The van der Waals surface area contributed by atoms with Crippen LogP contribution in [0, 0.1) is 10.7 Å². The minimum absolute atomic E-state index is 0.258. The van der Waals surface area contributed by atoms with Gasteiger partial charge in [-0.3, -0.25) is 0 Å². The van der Waals surface area contributed by atoms with Crippen molar-refractivity contribution in [3.63, 3.8) is 0 Å². The zero-order valence-electron chi connectivity index (χ0n) is 11.7. The molecule has 0 aliphatic carbocycles. The lowest BCUT2D eigenvalue weighted by atomic mass is 10.3. The molecule has 0 saturated carbocycles. The van der Waals surface area contributed by atoms with Gasteiger partial charge in [-0.15, -0.1) is 0 Å². The fraction of sp³-hybridized carbons (Fsp3) is 0.167. The Hall–Kier alpha value is -0.140. The largest absolute Gasteiger partial charge is 0.743 e. The molecule has 0 amide bonds. The maximum atomic E-state index is 12.8. The summed E-state index contributed by atoms with van der Waals surface area (Å²) in [6, 6.07) is 3.49. The van der Waals surface area contributed by atoms with Crippen molar-refractivity contribution in [2.24, 2.45) is 0 Å². The van der Waals surface area contributed by atoms with Crippen LogP contribution in [0.3, 0.4) is 0 Å². The fourth-order valence-corrected chi connectivity index (χ4v) is 5.18. The molecule has 0 aliphatic heterocycles. The van der Waals surface area contributed by atoms with E-state index in [-0.39, 0.29) is 5.75 Å². The Morgan fingerprint density at radius 2 is 1.60 bits per heavy atom. The normalized spacial score (nSPS) is 12.2. The quantitative estimate of drug-likeness (QED) is 0.147. The van der Waals surface area contributed by atoms with E-state index in [9.17, 15) is 31.3 Å². The molecule has 1 aromatic rings. The van der Waals surface area contributed by atoms with E-state index in [0.717, 1.165) is 3.57 Å². The third kappa shape index (κ3) is 7.18. The Balaban J connectivity index is 2.67. The van der Waals surface area contributed by atoms with Gasteiger partial charge in [-0.05, 0) is 79.9 Å². The number of hydrogen-bond donors (Lipinski definition) is 0. The molecule has 0 N–H and O–H groups in total. The van der Waals surface area contributed by atoms with Gasteiger partial charge in [0.1, 0.15) is 0 Å². The van der Waals surface area contributed by atoms with Gasteiger partial charge in [0, 0.05) is 15.7 Å². The minimum atomic E-state index is -5.96. The van der Waals surface area contributed by atoms with E-state index in [1.807, 2.05) is 45.2 Å². The summed E-state index contributed by atoms with van der Waals surface area (Å²) in [5.74, 6) is -2.15. The summed E-state index contributed by atoms with van der Waals surface area (Å²) in [7, 11) is -5.96. The highest BCUT2D eigenvalue weighted by atomic mass is 127. The van der Waals surface area contributed by atoms with Crippen molar-refractivity contribution in [3.8, 4) is 5.75 Å². The summed E-state index contributed by atoms with van der Waals surface area (Å²) < 4.78 is 67.5. The molecule has 0 unspecified atom stereocenters. The van der Waals surface area contributed by atoms with Gasteiger partial charge < -0.3 is 14.0 Å². The Kier molecular flexibility index (Phi) is 8.41. The molecule has 0 radical (unpaired) electrons. The summed E-state index contributed by atoms with van der Waals surface area (Å²) >= 11 is 5.96. The van der Waals surface area contributed by atoms with Gasteiger partial charge in [0.2, 0.25) is 0 Å². The lowest BCUT2D eigenvalue weighted by molar-refractivity contribution is -0.144. The Morgan fingerprint density at radius 1 is 1.12 bits per heavy atom. The maximum absolute atomic E-state index is 12.8. The highest BCUT2D eigenvalue weighted by Crippen LogP contribution is 2.29. The molecule has 0 saturated heterocycles. The molecule has 1 aromatic carbocycles. The number of esters is 2. The predicted molar refractivity (Wildman–Crippen MR) is 105 cm³/mol. The molecule has 0 atom stereocenters. The molecule has 0 fully saturated rings. The molecule has 0 spiro atoms. The number of rotatable bonds is 6. The van der Waals surface area contributed by atoms with Crippen LogP contribution in [0.2, 0.25) is 0 Å². The second-order valence-corrected chi connectivity index (χ2v) is 9.23. The van der Waals surface area contributed by atoms with Crippen LogP contribution in [0.25, 0.3) is 0 Å². The van der Waals surface area contributed by atoms with Crippen LogP contribution in [0.5, 0.6) is 5.75 Å². The lowest BCUT2D eigenvalue weighted by Crippen LogP contribution is -2.34. The zero-order chi connectivity index (χ0) is 19.4. The van der Waals surface area contributed by atoms with E-state index in [1.165, 1.54) is 0 Å².